The van der Waals surface area contributed by atoms with E-state index in [1.165, 1.54) is 23.1 Å². The molecule has 0 bridgehead atoms. The normalized spacial score (nSPS) is 10.5. The van der Waals surface area contributed by atoms with Gasteiger partial charge in [-0.25, -0.2) is 4.98 Å². The van der Waals surface area contributed by atoms with Gasteiger partial charge < -0.3 is 10.5 Å². The molecule has 1 atom stereocenters. The van der Waals surface area contributed by atoms with Crippen LogP contribution in [0.5, 0.6) is 0 Å². The van der Waals surface area contributed by atoms with Gasteiger partial charge in [0.2, 0.25) is 0 Å². The molecule has 2 rings (SSSR count). The minimum Gasteiger partial charge on any atom is -0.471 e. The SMILES string of the molecule is CC.CC[C@H](N)c1ccc(-c2scnc2C)cc1.COC=O. The van der Waals surface area contributed by atoms with Crippen molar-refractivity contribution in [3.63, 3.8) is 0 Å². The maximum atomic E-state index is 8.95. The molecule has 0 unspecified atom stereocenters. The standard InChI is InChI=1S/C13H16N2S.C2H4O2.C2H6/c1-3-12(14)10-4-6-11(7-5-10)13-9(2)15-8-16-13;1-4-2-3;1-2/h4-8,12H,3,14H2,1-2H3;2H,1H3;1-2H3/t12-;;/m0../s1. The molecular weight excluding hydrogens is 296 g/mol. The first-order valence-electron chi connectivity index (χ1n) is 7.36. The number of aromatic nitrogens is 1. The fraction of sp³-hybridized carbons (Fsp3) is 0.412. The van der Waals surface area contributed by atoms with E-state index >= 15 is 0 Å². The average Bonchev–Trinajstić information content (AvgIpc) is 3.02. The number of nitrogens with two attached hydrogens (primary N) is 1. The highest BCUT2D eigenvalue weighted by Gasteiger charge is 2.06. The van der Waals surface area contributed by atoms with Crippen molar-refractivity contribution in [2.45, 2.75) is 40.2 Å². The molecule has 0 aliphatic carbocycles. The molecule has 0 saturated carbocycles. The van der Waals surface area contributed by atoms with Gasteiger partial charge in [0.05, 0.1) is 23.2 Å². The molecule has 0 fully saturated rings. The molecule has 5 heteroatoms. The summed E-state index contributed by atoms with van der Waals surface area (Å²) in [7, 11) is 1.31. The van der Waals surface area contributed by atoms with Gasteiger partial charge in [-0.1, -0.05) is 45.0 Å². The number of hydrogen-bond acceptors (Lipinski definition) is 5. The van der Waals surface area contributed by atoms with Crippen LogP contribution in [0.3, 0.4) is 0 Å². The van der Waals surface area contributed by atoms with Gasteiger partial charge in [-0.3, -0.25) is 4.79 Å². The second-order valence-corrected chi connectivity index (χ2v) is 5.09. The Morgan fingerprint density at radius 3 is 2.23 bits per heavy atom. The zero-order chi connectivity index (χ0) is 17.0. The van der Waals surface area contributed by atoms with Crippen LogP contribution in [-0.4, -0.2) is 18.6 Å². The molecule has 2 aromatic rings. The van der Waals surface area contributed by atoms with Crippen LogP contribution < -0.4 is 5.73 Å². The lowest BCUT2D eigenvalue weighted by Gasteiger charge is -2.09. The molecule has 0 radical (unpaired) electrons. The quantitative estimate of drug-likeness (QED) is 0.850. The number of hydrogen-bond donors (Lipinski definition) is 1. The molecule has 122 valence electrons. The van der Waals surface area contributed by atoms with E-state index < -0.39 is 0 Å². The van der Waals surface area contributed by atoms with Crippen LogP contribution in [0.25, 0.3) is 10.4 Å². The number of rotatable bonds is 4. The van der Waals surface area contributed by atoms with Crippen molar-refractivity contribution in [2.75, 3.05) is 7.11 Å². The lowest BCUT2D eigenvalue weighted by Crippen LogP contribution is -2.07. The second-order valence-electron chi connectivity index (χ2n) is 4.24. The van der Waals surface area contributed by atoms with Crippen LogP contribution in [-0.2, 0) is 9.53 Å². The van der Waals surface area contributed by atoms with Gasteiger partial charge in [-0.15, -0.1) is 11.3 Å². The van der Waals surface area contributed by atoms with Crippen LogP contribution in [0, 0.1) is 6.92 Å². The van der Waals surface area contributed by atoms with Crippen molar-refractivity contribution in [1.82, 2.24) is 4.98 Å². The van der Waals surface area contributed by atoms with E-state index in [-0.39, 0.29) is 6.04 Å². The largest absolute Gasteiger partial charge is 0.471 e. The molecule has 0 spiro atoms. The average molecular weight is 322 g/mol. The summed E-state index contributed by atoms with van der Waals surface area (Å²) < 4.78 is 3.86. The van der Waals surface area contributed by atoms with Crippen LogP contribution in [0.1, 0.15) is 44.5 Å². The first kappa shape index (κ1) is 20.3. The molecule has 0 saturated heterocycles. The van der Waals surface area contributed by atoms with Gasteiger partial charge in [0, 0.05) is 6.04 Å². The van der Waals surface area contributed by atoms with Crippen LogP contribution in [0.2, 0.25) is 0 Å². The Bertz CT molecular complexity index is 524. The van der Waals surface area contributed by atoms with Gasteiger partial charge in [0.25, 0.3) is 6.47 Å². The Labute approximate surface area is 137 Å². The molecule has 2 N–H and O–H groups in total. The van der Waals surface area contributed by atoms with E-state index in [1.54, 1.807) is 11.3 Å². The van der Waals surface area contributed by atoms with Crippen molar-refractivity contribution in [3.8, 4) is 10.4 Å². The summed E-state index contributed by atoms with van der Waals surface area (Å²) in [6.45, 7) is 8.52. The van der Waals surface area contributed by atoms with E-state index in [1.807, 2.05) is 26.3 Å². The maximum absolute atomic E-state index is 8.95. The monoisotopic (exact) mass is 322 g/mol. The first-order chi connectivity index (χ1) is 10.6. The zero-order valence-electron chi connectivity index (χ0n) is 14.0. The van der Waals surface area contributed by atoms with Gasteiger partial charge in [-0.05, 0) is 24.5 Å². The summed E-state index contributed by atoms with van der Waals surface area (Å²) >= 11 is 1.68. The molecule has 4 nitrogen and oxygen atoms in total. The second kappa shape index (κ2) is 11.9. The smallest absolute Gasteiger partial charge is 0.292 e. The summed E-state index contributed by atoms with van der Waals surface area (Å²) in [4.78, 5) is 14.5. The molecule has 1 heterocycles. The molecular formula is C17H26N2O2S. The fourth-order valence-corrected chi connectivity index (χ4v) is 2.51. The maximum Gasteiger partial charge on any atom is 0.292 e. The highest BCUT2D eigenvalue weighted by molar-refractivity contribution is 7.13. The summed E-state index contributed by atoms with van der Waals surface area (Å²) in [5, 5.41) is 0. The lowest BCUT2D eigenvalue weighted by atomic mass is 10.0. The Morgan fingerprint density at radius 1 is 1.32 bits per heavy atom. The summed E-state index contributed by atoms with van der Waals surface area (Å²) in [5.41, 5.74) is 11.4. The summed E-state index contributed by atoms with van der Waals surface area (Å²) in [6.07, 6.45) is 0.971. The number of benzene rings is 1. The molecule has 1 aromatic carbocycles. The van der Waals surface area contributed by atoms with E-state index in [4.69, 9.17) is 10.5 Å². The topological polar surface area (TPSA) is 65.2 Å². The third-order valence-corrected chi connectivity index (χ3v) is 3.86. The Hall–Kier alpha value is -1.72. The summed E-state index contributed by atoms with van der Waals surface area (Å²) in [5.74, 6) is 0. The minimum atomic E-state index is 0.150. The Morgan fingerprint density at radius 2 is 1.86 bits per heavy atom. The lowest BCUT2D eigenvalue weighted by molar-refractivity contribution is -0.126. The minimum absolute atomic E-state index is 0.150. The summed E-state index contributed by atoms with van der Waals surface area (Å²) in [6, 6.07) is 8.64. The molecule has 0 aliphatic heterocycles. The van der Waals surface area contributed by atoms with Crippen LogP contribution in [0.15, 0.2) is 29.8 Å². The predicted octanol–water partition coefficient (Wildman–Crippen LogP) is 4.34. The van der Waals surface area contributed by atoms with Crippen LogP contribution >= 0.6 is 11.3 Å². The van der Waals surface area contributed by atoms with Crippen molar-refractivity contribution >= 4 is 17.8 Å². The van der Waals surface area contributed by atoms with Crippen molar-refractivity contribution in [3.05, 3.63) is 41.0 Å². The van der Waals surface area contributed by atoms with Crippen molar-refractivity contribution in [2.24, 2.45) is 5.73 Å². The van der Waals surface area contributed by atoms with Gasteiger partial charge >= 0.3 is 0 Å². The van der Waals surface area contributed by atoms with Gasteiger partial charge in [-0.2, -0.15) is 0 Å². The van der Waals surface area contributed by atoms with E-state index in [0.717, 1.165) is 12.1 Å². The third kappa shape index (κ3) is 6.37. The third-order valence-electron chi connectivity index (χ3n) is 2.88. The number of carbonyl (C=O) groups is 1. The zero-order valence-corrected chi connectivity index (χ0v) is 14.8. The van der Waals surface area contributed by atoms with E-state index in [2.05, 4.69) is 40.9 Å². The predicted molar refractivity (Wildman–Crippen MR) is 93.9 cm³/mol. The first-order valence-corrected chi connectivity index (χ1v) is 8.24. The molecule has 0 aliphatic rings. The number of carbonyl (C=O) groups excluding carboxylic acids is 1. The van der Waals surface area contributed by atoms with Gasteiger partial charge in [0.15, 0.2) is 0 Å². The van der Waals surface area contributed by atoms with E-state index in [0.29, 0.717) is 6.47 Å². The highest BCUT2D eigenvalue weighted by atomic mass is 32.1. The number of nitrogens with zero attached hydrogens (tertiary/aromatic N) is 1. The van der Waals surface area contributed by atoms with Crippen molar-refractivity contribution in [1.29, 1.82) is 0 Å². The molecule has 0 amide bonds. The number of methoxy groups -OCH3 is 1. The van der Waals surface area contributed by atoms with Crippen molar-refractivity contribution < 1.29 is 9.53 Å². The number of aryl methyl sites for hydroxylation is 1. The molecule has 1 aromatic heterocycles. The Balaban J connectivity index is 0.000000640. The number of thiazole rings is 1. The fourth-order valence-electron chi connectivity index (χ4n) is 1.70. The molecule has 22 heavy (non-hydrogen) atoms. The highest BCUT2D eigenvalue weighted by Crippen LogP contribution is 2.28. The van der Waals surface area contributed by atoms with Crippen LogP contribution in [0.4, 0.5) is 0 Å². The number of ether oxygens (including phenoxy) is 1. The Kier molecular flexibility index (Phi) is 11.0. The van der Waals surface area contributed by atoms with Gasteiger partial charge in [0.1, 0.15) is 0 Å². The van der Waals surface area contributed by atoms with E-state index in [9.17, 15) is 0 Å².